The third-order valence-corrected chi connectivity index (χ3v) is 3.86. The Balaban J connectivity index is 4.84. The molecule has 3 amide bonds. The van der Waals surface area contributed by atoms with E-state index >= 15 is 0 Å². The third kappa shape index (κ3) is 10.5. The first-order chi connectivity index (χ1) is 12.6. The van der Waals surface area contributed by atoms with Gasteiger partial charge in [0.15, 0.2) is 0 Å². The molecule has 0 aliphatic heterocycles. The van der Waals surface area contributed by atoms with E-state index in [0.717, 1.165) is 0 Å². The SMILES string of the molecule is CC(C)CC(NC(=O)C(C)NC(=O)C(CCCCN)NC(=O)CN)C(=O)O. The molecule has 0 aromatic carbocycles. The molecular weight excluding hydrogens is 354 g/mol. The predicted octanol–water partition coefficient (Wildman–Crippen LogP) is -1.32. The Kier molecular flexibility index (Phi) is 12.0. The van der Waals surface area contributed by atoms with Gasteiger partial charge in [0.25, 0.3) is 0 Å². The van der Waals surface area contributed by atoms with Crippen molar-refractivity contribution in [1.82, 2.24) is 16.0 Å². The molecule has 3 unspecified atom stereocenters. The van der Waals surface area contributed by atoms with E-state index in [2.05, 4.69) is 16.0 Å². The Labute approximate surface area is 159 Å². The fourth-order valence-electron chi connectivity index (χ4n) is 2.38. The molecule has 0 radical (unpaired) electrons. The Hall–Kier alpha value is -2.20. The molecule has 0 saturated carbocycles. The Morgan fingerprint density at radius 1 is 0.889 bits per heavy atom. The molecule has 0 heterocycles. The molecule has 27 heavy (non-hydrogen) atoms. The molecule has 3 atom stereocenters. The lowest BCUT2D eigenvalue weighted by Gasteiger charge is -2.23. The van der Waals surface area contributed by atoms with Crippen LogP contribution in [0.2, 0.25) is 0 Å². The van der Waals surface area contributed by atoms with Crippen molar-refractivity contribution >= 4 is 23.7 Å². The van der Waals surface area contributed by atoms with Gasteiger partial charge in [-0.3, -0.25) is 14.4 Å². The highest BCUT2D eigenvalue weighted by molar-refractivity contribution is 5.93. The van der Waals surface area contributed by atoms with Gasteiger partial charge in [0.1, 0.15) is 18.1 Å². The molecule has 0 spiro atoms. The first-order valence-electron chi connectivity index (χ1n) is 9.15. The van der Waals surface area contributed by atoms with Gasteiger partial charge in [0, 0.05) is 0 Å². The molecule has 0 fully saturated rings. The second kappa shape index (κ2) is 13.0. The van der Waals surface area contributed by atoms with Crippen molar-refractivity contribution in [2.45, 2.75) is 64.6 Å². The zero-order valence-electron chi connectivity index (χ0n) is 16.3. The fourth-order valence-corrected chi connectivity index (χ4v) is 2.38. The van der Waals surface area contributed by atoms with Crippen molar-refractivity contribution in [2.24, 2.45) is 17.4 Å². The standard InChI is InChI=1S/C17H33N5O5/c1-10(2)8-13(17(26)27)22-15(24)11(3)20-16(25)12(6-4-5-7-18)21-14(23)9-19/h10-13H,4-9,18-19H2,1-3H3,(H,20,25)(H,21,23)(H,22,24)(H,26,27). The minimum atomic E-state index is -1.13. The van der Waals surface area contributed by atoms with Gasteiger partial charge in [0.05, 0.1) is 6.54 Å². The van der Waals surface area contributed by atoms with Crippen LogP contribution in [0.15, 0.2) is 0 Å². The number of unbranched alkanes of at least 4 members (excludes halogenated alkanes) is 1. The summed E-state index contributed by atoms with van der Waals surface area (Å²) < 4.78 is 0. The van der Waals surface area contributed by atoms with Gasteiger partial charge >= 0.3 is 5.97 Å². The first kappa shape index (κ1) is 24.8. The van der Waals surface area contributed by atoms with E-state index in [4.69, 9.17) is 11.5 Å². The predicted molar refractivity (Wildman–Crippen MR) is 101 cm³/mol. The third-order valence-electron chi connectivity index (χ3n) is 3.86. The topological polar surface area (TPSA) is 177 Å². The van der Waals surface area contributed by atoms with Crippen molar-refractivity contribution in [1.29, 1.82) is 0 Å². The van der Waals surface area contributed by atoms with Crippen LogP contribution in [0.3, 0.4) is 0 Å². The smallest absolute Gasteiger partial charge is 0.326 e. The normalized spacial score (nSPS) is 14.1. The molecule has 0 aromatic heterocycles. The van der Waals surface area contributed by atoms with E-state index in [1.165, 1.54) is 6.92 Å². The van der Waals surface area contributed by atoms with Gasteiger partial charge in [-0.05, 0) is 45.1 Å². The highest BCUT2D eigenvalue weighted by Gasteiger charge is 2.27. The first-order valence-corrected chi connectivity index (χ1v) is 9.15. The molecular formula is C17H33N5O5. The van der Waals surface area contributed by atoms with Crippen molar-refractivity contribution < 1.29 is 24.3 Å². The summed E-state index contributed by atoms with van der Waals surface area (Å²) in [7, 11) is 0. The van der Waals surface area contributed by atoms with Crippen LogP contribution in [0.1, 0.15) is 46.5 Å². The number of carbonyl (C=O) groups is 4. The maximum absolute atomic E-state index is 12.4. The number of rotatable bonds is 13. The molecule has 0 rings (SSSR count). The molecule has 156 valence electrons. The second-order valence-corrected chi connectivity index (χ2v) is 6.87. The lowest BCUT2D eigenvalue weighted by molar-refractivity contribution is -0.142. The average Bonchev–Trinajstić information content (AvgIpc) is 2.59. The van der Waals surface area contributed by atoms with Crippen LogP contribution in [-0.2, 0) is 19.2 Å². The lowest BCUT2D eigenvalue weighted by atomic mass is 10.0. The van der Waals surface area contributed by atoms with E-state index in [1.54, 1.807) is 0 Å². The number of aliphatic carboxylic acids is 1. The van der Waals surface area contributed by atoms with E-state index in [9.17, 15) is 24.3 Å². The van der Waals surface area contributed by atoms with Crippen molar-refractivity contribution in [3.05, 3.63) is 0 Å². The number of nitrogens with two attached hydrogens (primary N) is 2. The summed E-state index contributed by atoms with van der Waals surface area (Å²) in [4.78, 5) is 47.4. The molecule has 8 N–H and O–H groups in total. The van der Waals surface area contributed by atoms with Gasteiger partial charge in [-0.2, -0.15) is 0 Å². The van der Waals surface area contributed by atoms with Crippen LogP contribution in [-0.4, -0.2) is 60.0 Å². The van der Waals surface area contributed by atoms with Crippen LogP contribution in [0, 0.1) is 5.92 Å². The maximum Gasteiger partial charge on any atom is 0.326 e. The summed E-state index contributed by atoms with van der Waals surface area (Å²) in [5, 5.41) is 16.6. The van der Waals surface area contributed by atoms with Crippen molar-refractivity contribution in [2.75, 3.05) is 13.1 Å². The largest absolute Gasteiger partial charge is 0.480 e. The van der Waals surface area contributed by atoms with Gasteiger partial charge in [-0.15, -0.1) is 0 Å². The van der Waals surface area contributed by atoms with E-state index in [1.807, 2.05) is 13.8 Å². The number of hydrogen-bond acceptors (Lipinski definition) is 6. The lowest BCUT2D eigenvalue weighted by Crippen LogP contribution is -2.55. The van der Waals surface area contributed by atoms with Crippen LogP contribution < -0.4 is 27.4 Å². The van der Waals surface area contributed by atoms with E-state index < -0.39 is 41.8 Å². The summed E-state index contributed by atoms with van der Waals surface area (Å²) in [5.41, 5.74) is 10.7. The Morgan fingerprint density at radius 2 is 1.52 bits per heavy atom. The van der Waals surface area contributed by atoms with Gasteiger partial charge < -0.3 is 32.5 Å². The quantitative estimate of drug-likeness (QED) is 0.212. The minimum Gasteiger partial charge on any atom is -0.480 e. The fraction of sp³-hybridized carbons (Fsp3) is 0.765. The maximum atomic E-state index is 12.4. The zero-order valence-corrected chi connectivity index (χ0v) is 16.3. The molecule has 0 aliphatic rings. The molecule has 0 bridgehead atoms. The van der Waals surface area contributed by atoms with E-state index in [-0.39, 0.29) is 18.9 Å². The second-order valence-electron chi connectivity index (χ2n) is 6.87. The van der Waals surface area contributed by atoms with E-state index in [0.29, 0.717) is 25.8 Å². The number of carboxylic acid groups (broad SMARTS) is 1. The molecule has 0 aromatic rings. The van der Waals surface area contributed by atoms with Crippen LogP contribution in [0.25, 0.3) is 0 Å². The number of nitrogens with one attached hydrogen (secondary N) is 3. The van der Waals surface area contributed by atoms with Crippen molar-refractivity contribution in [3.63, 3.8) is 0 Å². The van der Waals surface area contributed by atoms with Crippen LogP contribution >= 0.6 is 0 Å². The number of hydrogen-bond donors (Lipinski definition) is 6. The molecule has 10 heteroatoms. The summed E-state index contributed by atoms with van der Waals surface area (Å²) in [6, 6.07) is -2.83. The van der Waals surface area contributed by atoms with Crippen LogP contribution in [0.5, 0.6) is 0 Å². The highest BCUT2D eigenvalue weighted by Crippen LogP contribution is 2.06. The molecule has 0 aliphatic carbocycles. The van der Waals surface area contributed by atoms with Gasteiger partial charge in [-0.25, -0.2) is 4.79 Å². The van der Waals surface area contributed by atoms with Crippen LogP contribution in [0.4, 0.5) is 0 Å². The highest BCUT2D eigenvalue weighted by atomic mass is 16.4. The average molecular weight is 387 g/mol. The molecule has 10 nitrogen and oxygen atoms in total. The summed E-state index contributed by atoms with van der Waals surface area (Å²) >= 11 is 0. The minimum absolute atomic E-state index is 0.0784. The summed E-state index contributed by atoms with van der Waals surface area (Å²) in [6.45, 7) is 5.35. The number of carboxylic acids is 1. The number of amides is 3. The summed E-state index contributed by atoms with van der Waals surface area (Å²) in [6.07, 6.45) is 1.94. The zero-order chi connectivity index (χ0) is 21.0. The Morgan fingerprint density at radius 3 is 2.00 bits per heavy atom. The summed E-state index contributed by atoms with van der Waals surface area (Å²) in [5.74, 6) is -2.68. The molecule has 0 saturated heterocycles. The monoisotopic (exact) mass is 387 g/mol. The van der Waals surface area contributed by atoms with Gasteiger partial charge in [-0.1, -0.05) is 13.8 Å². The van der Waals surface area contributed by atoms with Gasteiger partial charge in [0.2, 0.25) is 17.7 Å². The number of carbonyl (C=O) groups excluding carboxylic acids is 3. The van der Waals surface area contributed by atoms with Crippen molar-refractivity contribution in [3.8, 4) is 0 Å². The Bertz CT molecular complexity index is 512.